The molecule has 2 aliphatic heterocycles. The molecular formula is C24H24N4O3S. The molecule has 2 fully saturated rings. The number of carbonyl (C=O) groups is 1. The lowest BCUT2D eigenvalue weighted by Crippen LogP contribution is -2.49. The summed E-state index contributed by atoms with van der Waals surface area (Å²) in [6.45, 7) is 2.48. The maximum absolute atomic E-state index is 11.5. The van der Waals surface area contributed by atoms with E-state index >= 15 is 0 Å². The van der Waals surface area contributed by atoms with Gasteiger partial charge in [-0.1, -0.05) is 11.3 Å². The molecular weight excluding hydrogens is 424 g/mol. The van der Waals surface area contributed by atoms with Crippen LogP contribution in [0.4, 0.5) is 0 Å². The number of hydrogen-bond donors (Lipinski definition) is 1. The van der Waals surface area contributed by atoms with Crippen LogP contribution in [0.15, 0.2) is 47.2 Å². The molecule has 0 saturated carbocycles. The molecule has 4 aromatic rings. The Morgan fingerprint density at radius 2 is 2.12 bits per heavy atom. The summed E-state index contributed by atoms with van der Waals surface area (Å²) in [7, 11) is 0. The Kier molecular flexibility index (Phi) is 4.84. The first kappa shape index (κ1) is 19.7. The molecule has 7 nitrogen and oxygen atoms in total. The second-order valence-corrected chi connectivity index (χ2v) is 9.75. The van der Waals surface area contributed by atoms with Crippen molar-refractivity contribution in [1.82, 2.24) is 20.2 Å². The number of hydrogen-bond acceptors (Lipinski definition) is 7. The molecule has 5 heterocycles. The van der Waals surface area contributed by atoms with Gasteiger partial charge < -0.3 is 14.5 Å². The third-order valence-electron chi connectivity index (χ3n) is 6.62. The van der Waals surface area contributed by atoms with Crippen LogP contribution in [0.1, 0.15) is 38.2 Å². The van der Waals surface area contributed by atoms with E-state index in [0.717, 1.165) is 35.1 Å². The van der Waals surface area contributed by atoms with E-state index in [0.29, 0.717) is 34.7 Å². The molecule has 6 rings (SSSR count). The van der Waals surface area contributed by atoms with Gasteiger partial charge in [-0.2, -0.15) is 4.98 Å². The van der Waals surface area contributed by atoms with E-state index in [4.69, 9.17) is 9.15 Å². The van der Waals surface area contributed by atoms with Crippen LogP contribution in [0.25, 0.3) is 21.3 Å². The van der Waals surface area contributed by atoms with E-state index in [1.807, 2.05) is 30.5 Å². The van der Waals surface area contributed by atoms with Gasteiger partial charge in [-0.15, -0.1) is 0 Å². The molecule has 3 atom stereocenters. The number of benzene rings is 1. The van der Waals surface area contributed by atoms with Crippen molar-refractivity contribution < 1.29 is 13.9 Å². The molecule has 1 amide bonds. The zero-order valence-corrected chi connectivity index (χ0v) is 18.6. The Bertz CT molecular complexity index is 1250. The fraction of sp³-hybridized carbons (Fsp3) is 0.375. The molecule has 1 unspecified atom stereocenters. The molecule has 0 spiro atoms. The van der Waals surface area contributed by atoms with Crippen LogP contribution < -0.4 is 10.1 Å². The Labute approximate surface area is 189 Å². The first-order valence-corrected chi connectivity index (χ1v) is 11.9. The average molecular weight is 449 g/mol. The molecule has 32 heavy (non-hydrogen) atoms. The van der Waals surface area contributed by atoms with Crippen LogP contribution >= 0.6 is 11.3 Å². The summed E-state index contributed by atoms with van der Waals surface area (Å²) in [6.07, 6.45) is 8.06. The molecule has 0 aliphatic carbocycles. The smallest absolute Gasteiger partial charge is 0.281 e. The lowest BCUT2D eigenvalue weighted by atomic mass is 9.96. The SMILES string of the molecule is CC(=O)NC1C[C@H]2CC[C@@H](C1)N2Cc1coc2cc(Oc3nc4ncccc4s3)ccc12. The Morgan fingerprint density at radius 1 is 1.28 bits per heavy atom. The van der Waals surface area contributed by atoms with Crippen molar-refractivity contribution in [2.75, 3.05) is 0 Å². The lowest BCUT2D eigenvalue weighted by molar-refractivity contribution is -0.120. The largest absolute Gasteiger partial charge is 0.464 e. The quantitative estimate of drug-likeness (QED) is 0.470. The highest BCUT2D eigenvalue weighted by Crippen LogP contribution is 2.38. The monoisotopic (exact) mass is 448 g/mol. The summed E-state index contributed by atoms with van der Waals surface area (Å²) >= 11 is 1.48. The number of nitrogens with one attached hydrogen (secondary N) is 1. The van der Waals surface area contributed by atoms with Gasteiger partial charge in [-0.3, -0.25) is 9.69 Å². The number of nitrogens with zero attached hydrogens (tertiary/aromatic N) is 3. The van der Waals surface area contributed by atoms with E-state index in [9.17, 15) is 4.79 Å². The topological polar surface area (TPSA) is 80.5 Å². The molecule has 8 heteroatoms. The van der Waals surface area contributed by atoms with E-state index in [1.54, 1.807) is 13.1 Å². The highest BCUT2D eigenvalue weighted by Gasteiger charge is 2.41. The van der Waals surface area contributed by atoms with Crippen LogP contribution in [0.2, 0.25) is 0 Å². The molecule has 164 valence electrons. The summed E-state index contributed by atoms with van der Waals surface area (Å²) in [4.78, 5) is 22.8. The molecule has 0 radical (unpaired) electrons. The molecule has 3 aromatic heterocycles. The fourth-order valence-corrected chi connectivity index (χ4v) is 6.07. The number of furan rings is 1. The number of fused-ring (bicyclic) bond motifs is 4. The second kappa shape index (κ2) is 7.86. The van der Waals surface area contributed by atoms with Gasteiger partial charge in [0.2, 0.25) is 5.91 Å². The van der Waals surface area contributed by atoms with Crippen molar-refractivity contribution in [2.45, 2.75) is 57.3 Å². The highest BCUT2D eigenvalue weighted by atomic mass is 32.1. The second-order valence-electron chi connectivity index (χ2n) is 8.75. The van der Waals surface area contributed by atoms with E-state index in [-0.39, 0.29) is 5.91 Å². The lowest BCUT2D eigenvalue weighted by Gasteiger charge is -2.39. The van der Waals surface area contributed by atoms with Crippen LogP contribution in [0, 0.1) is 0 Å². The Morgan fingerprint density at radius 3 is 2.91 bits per heavy atom. The van der Waals surface area contributed by atoms with Crippen LogP contribution in [0.5, 0.6) is 10.9 Å². The zero-order valence-electron chi connectivity index (χ0n) is 17.8. The van der Waals surface area contributed by atoms with Gasteiger partial charge in [0, 0.05) is 54.8 Å². The first-order valence-electron chi connectivity index (χ1n) is 11.0. The summed E-state index contributed by atoms with van der Waals surface area (Å²) in [5.74, 6) is 0.775. The van der Waals surface area contributed by atoms with Gasteiger partial charge in [0.1, 0.15) is 11.3 Å². The summed E-state index contributed by atoms with van der Waals surface area (Å²) < 4.78 is 12.9. The number of ether oxygens (including phenoxy) is 1. The van der Waals surface area contributed by atoms with Gasteiger partial charge in [0.25, 0.3) is 5.19 Å². The number of carbonyl (C=O) groups excluding carboxylic acids is 1. The average Bonchev–Trinajstić information content (AvgIpc) is 3.42. The predicted octanol–water partition coefficient (Wildman–Crippen LogP) is 4.86. The van der Waals surface area contributed by atoms with Gasteiger partial charge in [-0.05, 0) is 49.9 Å². The minimum Gasteiger partial charge on any atom is -0.464 e. The minimum absolute atomic E-state index is 0.0730. The normalized spacial score (nSPS) is 23.1. The van der Waals surface area contributed by atoms with E-state index in [1.165, 1.54) is 29.7 Å². The van der Waals surface area contributed by atoms with Gasteiger partial charge in [-0.25, -0.2) is 4.98 Å². The molecule has 1 N–H and O–H groups in total. The summed E-state index contributed by atoms with van der Waals surface area (Å²) in [5.41, 5.74) is 2.72. The van der Waals surface area contributed by atoms with E-state index in [2.05, 4.69) is 26.3 Å². The van der Waals surface area contributed by atoms with Gasteiger partial charge >= 0.3 is 0 Å². The molecule has 1 aromatic carbocycles. The molecule has 2 aliphatic rings. The van der Waals surface area contributed by atoms with Crippen molar-refractivity contribution in [2.24, 2.45) is 0 Å². The van der Waals surface area contributed by atoms with Crippen molar-refractivity contribution in [1.29, 1.82) is 0 Å². The fourth-order valence-electron chi connectivity index (χ4n) is 5.28. The number of piperidine rings is 1. The number of pyridine rings is 1. The third kappa shape index (κ3) is 3.63. The van der Waals surface area contributed by atoms with E-state index < -0.39 is 0 Å². The van der Waals surface area contributed by atoms with Gasteiger partial charge in [0.05, 0.1) is 11.0 Å². The number of amides is 1. The minimum atomic E-state index is 0.0730. The first-order chi connectivity index (χ1) is 15.6. The summed E-state index contributed by atoms with van der Waals surface area (Å²) in [5, 5.41) is 4.81. The van der Waals surface area contributed by atoms with Crippen LogP contribution in [-0.4, -0.2) is 38.9 Å². The van der Waals surface area contributed by atoms with Crippen LogP contribution in [0.3, 0.4) is 0 Å². The van der Waals surface area contributed by atoms with Gasteiger partial charge in [0.15, 0.2) is 5.65 Å². The maximum atomic E-state index is 11.5. The number of aromatic nitrogens is 2. The molecule has 2 saturated heterocycles. The van der Waals surface area contributed by atoms with Crippen molar-refractivity contribution in [3.8, 4) is 10.9 Å². The van der Waals surface area contributed by atoms with Crippen molar-refractivity contribution in [3.05, 3.63) is 48.4 Å². The Hall–Kier alpha value is -2.97. The zero-order chi connectivity index (χ0) is 21.7. The van der Waals surface area contributed by atoms with Crippen molar-refractivity contribution >= 4 is 38.6 Å². The van der Waals surface area contributed by atoms with Crippen molar-refractivity contribution in [3.63, 3.8) is 0 Å². The van der Waals surface area contributed by atoms with Crippen LogP contribution in [-0.2, 0) is 11.3 Å². The maximum Gasteiger partial charge on any atom is 0.281 e. The highest BCUT2D eigenvalue weighted by molar-refractivity contribution is 7.20. The Balaban J connectivity index is 1.18. The summed E-state index contributed by atoms with van der Waals surface area (Å²) in [6, 6.07) is 11.2. The number of thiazole rings is 1. The number of rotatable bonds is 5. The standard InChI is InChI=1S/C24H24N4O3S/c1-14(29)26-16-9-17-4-5-18(10-16)28(17)12-15-13-30-21-11-19(6-7-20(15)21)31-24-27-23-22(32-24)3-2-8-25-23/h2-3,6-8,11,13,16-18H,4-5,9-10,12H2,1H3,(H,26,29)/t16?,17-,18+. The predicted molar refractivity (Wildman–Crippen MR) is 123 cm³/mol. The molecule has 2 bridgehead atoms. The third-order valence-corrected chi connectivity index (χ3v) is 7.51.